The van der Waals surface area contributed by atoms with Crippen LogP contribution in [0.3, 0.4) is 0 Å². The van der Waals surface area contributed by atoms with Gasteiger partial charge in [0.05, 0.1) is 7.11 Å². The third-order valence-electron chi connectivity index (χ3n) is 3.44. The van der Waals surface area contributed by atoms with Crippen LogP contribution in [0.5, 0.6) is 11.5 Å². The molecule has 0 saturated carbocycles. The van der Waals surface area contributed by atoms with E-state index in [0.717, 1.165) is 28.4 Å². The summed E-state index contributed by atoms with van der Waals surface area (Å²) < 4.78 is 11.3. The molecule has 0 unspecified atom stereocenters. The van der Waals surface area contributed by atoms with E-state index in [1.807, 2.05) is 78.9 Å². The van der Waals surface area contributed by atoms with Gasteiger partial charge in [-0.05, 0) is 35.9 Å². The van der Waals surface area contributed by atoms with Gasteiger partial charge in [-0.15, -0.1) is 0 Å². The quantitative estimate of drug-likeness (QED) is 0.472. The number of hydrogen-bond acceptors (Lipinski definition) is 2. The van der Waals surface area contributed by atoms with Crippen LogP contribution in [0.2, 0.25) is 0 Å². The van der Waals surface area contributed by atoms with Crippen molar-refractivity contribution in [1.29, 1.82) is 0 Å². The van der Waals surface area contributed by atoms with Crippen molar-refractivity contribution < 1.29 is 9.47 Å². The first-order chi connectivity index (χ1) is 11.3. The topological polar surface area (TPSA) is 18.5 Å². The summed E-state index contributed by atoms with van der Waals surface area (Å²) in [6.45, 7) is 0. The van der Waals surface area contributed by atoms with Gasteiger partial charge in [0.15, 0.2) is 0 Å². The minimum Gasteiger partial charge on any atom is -0.497 e. The van der Waals surface area contributed by atoms with Gasteiger partial charge < -0.3 is 9.47 Å². The maximum atomic E-state index is 6.11. The van der Waals surface area contributed by atoms with Crippen LogP contribution in [-0.2, 0) is 0 Å². The lowest BCUT2D eigenvalue weighted by molar-refractivity contribution is 0.413. The Kier molecular flexibility index (Phi) is 4.75. The Balaban J connectivity index is 1.93. The van der Waals surface area contributed by atoms with Gasteiger partial charge in [0, 0.05) is 5.56 Å². The van der Waals surface area contributed by atoms with Gasteiger partial charge in [0.25, 0.3) is 0 Å². The highest BCUT2D eigenvalue weighted by atomic mass is 16.5. The first-order valence-electron chi connectivity index (χ1n) is 7.49. The summed E-state index contributed by atoms with van der Waals surface area (Å²) in [6, 6.07) is 27.8. The van der Waals surface area contributed by atoms with Gasteiger partial charge in [-0.25, -0.2) is 0 Å². The fourth-order valence-corrected chi connectivity index (χ4v) is 2.25. The summed E-state index contributed by atoms with van der Waals surface area (Å²) >= 11 is 0. The third kappa shape index (κ3) is 4.01. The van der Waals surface area contributed by atoms with Crippen LogP contribution in [0.1, 0.15) is 11.1 Å². The number of rotatable bonds is 5. The van der Waals surface area contributed by atoms with E-state index >= 15 is 0 Å². The minimum atomic E-state index is 0.775. The molecule has 0 aliphatic carbocycles. The second-order valence-corrected chi connectivity index (χ2v) is 5.06. The van der Waals surface area contributed by atoms with E-state index in [-0.39, 0.29) is 0 Å². The van der Waals surface area contributed by atoms with E-state index in [2.05, 4.69) is 12.1 Å². The van der Waals surface area contributed by atoms with E-state index in [4.69, 9.17) is 9.47 Å². The van der Waals surface area contributed by atoms with Crippen LogP contribution in [0.15, 0.2) is 84.9 Å². The van der Waals surface area contributed by atoms with Crippen molar-refractivity contribution in [2.24, 2.45) is 0 Å². The van der Waals surface area contributed by atoms with Crippen LogP contribution >= 0.6 is 0 Å². The Morgan fingerprint density at radius 3 is 1.87 bits per heavy atom. The average molecular weight is 302 g/mol. The Morgan fingerprint density at radius 1 is 0.696 bits per heavy atom. The van der Waals surface area contributed by atoms with Crippen molar-refractivity contribution in [3.8, 4) is 11.5 Å². The predicted octanol–water partition coefficient (Wildman–Crippen LogP) is 5.27. The third-order valence-corrected chi connectivity index (χ3v) is 3.44. The van der Waals surface area contributed by atoms with Crippen molar-refractivity contribution in [2.45, 2.75) is 0 Å². The maximum Gasteiger partial charge on any atom is 0.135 e. The monoisotopic (exact) mass is 302 g/mol. The molecule has 0 saturated heterocycles. The van der Waals surface area contributed by atoms with Crippen LogP contribution in [0.25, 0.3) is 11.8 Å². The van der Waals surface area contributed by atoms with E-state index in [9.17, 15) is 0 Å². The molecule has 0 aliphatic rings. The highest BCUT2D eigenvalue weighted by Crippen LogP contribution is 2.25. The largest absolute Gasteiger partial charge is 0.497 e. The molecule has 2 nitrogen and oxygen atoms in total. The van der Waals surface area contributed by atoms with E-state index in [0.29, 0.717) is 0 Å². The number of benzene rings is 3. The maximum absolute atomic E-state index is 6.11. The second kappa shape index (κ2) is 7.32. The molecule has 0 heterocycles. The van der Waals surface area contributed by atoms with E-state index in [1.54, 1.807) is 7.11 Å². The van der Waals surface area contributed by atoms with Crippen molar-refractivity contribution in [2.75, 3.05) is 7.11 Å². The lowest BCUT2D eigenvalue weighted by Crippen LogP contribution is -1.95. The van der Waals surface area contributed by atoms with Crippen molar-refractivity contribution in [3.05, 3.63) is 96.1 Å². The Hall–Kier alpha value is -3.00. The Morgan fingerprint density at radius 2 is 1.26 bits per heavy atom. The molecular weight excluding hydrogens is 284 g/mol. The molecule has 114 valence electrons. The van der Waals surface area contributed by atoms with Gasteiger partial charge in [0.2, 0.25) is 0 Å². The van der Waals surface area contributed by atoms with Crippen molar-refractivity contribution in [3.63, 3.8) is 0 Å². The van der Waals surface area contributed by atoms with Crippen LogP contribution < -0.4 is 9.47 Å². The summed E-state index contributed by atoms with van der Waals surface area (Å²) in [7, 11) is 1.65. The van der Waals surface area contributed by atoms with E-state index in [1.165, 1.54) is 0 Å². The standard InChI is InChI=1S/C21H18O2/c1-22-19-12-14-20(15-13-19)23-21(18-10-6-3-7-11-18)16-17-8-4-2-5-9-17/h2-16H,1H3/b21-16-. The summed E-state index contributed by atoms with van der Waals surface area (Å²) in [5.74, 6) is 2.39. The zero-order valence-corrected chi connectivity index (χ0v) is 13.0. The Labute approximate surface area is 136 Å². The predicted molar refractivity (Wildman–Crippen MR) is 94.4 cm³/mol. The highest BCUT2D eigenvalue weighted by Gasteiger charge is 2.05. The molecule has 0 amide bonds. The zero-order chi connectivity index (χ0) is 15.9. The molecular formula is C21H18O2. The molecule has 2 heteroatoms. The molecule has 0 aliphatic heterocycles. The SMILES string of the molecule is COc1ccc(O/C(=C\c2ccccc2)c2ccccc2)cc1. The van der Waals surface area contributed by atoms with Crippen LogP contribution in [0.4, 0.5) is 0 Å². The number of methoxy groups -OCH3 is 1. The normalized spacial score (nSPS) is 11.1. The fourth-order valence-electron chi connectivity index (χ4n) is 2.25. The van der Waals surface area contributed by atoms with Gasteiger partial charge >= 0.3 is 0 Å². The molecule has 0 fully saturated rings. The molecule has 0 bridgehead atoms. The number of hydrogen-bond donors (Lipinski definition) is 0. The highest BCUT2D eigenvalue weighted by molar-refractivity contribution is 5.78. The Bertz CT molecular complexity index is 760. The smallest absolute Gasteiger partial charge is 0.135 e. The zero-order valence-electron chi connectivity index (χ0n) is 13.0. The molecule has 0 atom stereocenters. The molecule has 0 N–H and O–H groups in total. The molecule has 3 aromatic rings. The average Bonchev–Trinajstić information content (AvgIpc) is 2.63. The van der Waals surface area contributed by atoms with E-state index < -0.39 is 0 Å². The van der Waals surface area contributed by atoms with Gasteiger partial charge in [-0.3, -0.25) is 0 Å². The number of ether oxygens (including phenoxy) is 2. The van der Waals surface area contributed by atoms with Crippen LogP contribution in [-0.4, -0.2) is 7.11 Å². The summed E-state index contributed by atoms with van der Waals surface area (Å²) in [6.07, 6.45) is 2.04. The van der Waals surface area contributed by atoms with Crippen LogP contribution in [0, 0.1) is 0 Å². The summed E-state index contributed by atoms with van der Waals surface area (Å²) in [5.41, 5.74) is 2.13. The van der Waals surface area contributed by atoms with Gasteiger partial charge in [-0.2, -0.15) is 0 Å². The molecule has 3 rings (SSSR count). The molecule has 23 heavy (non-hydrogen) atoms. The van der Waals surface area contributed by atoms with Crippen molar-refractivity contribution in [1.82, 2.24) is 0 Å². The lowest BCUT2D eigenvalue weighted by atomic mass is 10.1. The molecule has 0 aromatic heterocycles. The first kappa shape index (κ1) is 14.9. The van der Waals surface area contributed by atoms with Gasteiger partial charge in [0.1, 0.15) is 17.3 Å². The minimum absolute atomic E-state index is 0.775. The van der Waals surface area contributed by atoms with Gasteiger partial charge in [-0.1, -0.05) is 60.7 Å². The second-order valence-electron chi connectivity index (χ2n) is 5.06. The lowest BCUT2D eigenvalue weighted by Gasteiger charge is -2.11. The summed E-state index contributed by atoms with van der Waals surface area (Å²) in [5, 5.41) is 0. The molecule has 3 aromatic carbocycles. The summed E-state index contributed by atoms with van der Waals surface area (Å²) in [4.78, 5) is 0. The molecule has 0 spiro atoms. The fraction of sp³-hybridized carbons (Fsp3) is 0.0476. The molecule has 0 radical (unpaired) electrons. The van der Waals surface area contributed by atoms with Crippen molar-refractivity contribution >= 4 is 11.8 Å². The first-order valence-corrected chi connectivity index (χ1v) is 7.49.